The van der Waals surface area contributed by atoms with Crippen molar-refractivity contribution in [2.45, 2.75) is 6.54 Å². The molecule has 0 bridgehead atoms. The number of anilines is 1. The van der Waals surface area contributed by atoms with Crippen LogP contribution in [0.2, 0.25) is 5.02 Å². The SMILES string of the molecule is CN(CC[n+]1ccccc1)c1ccc(N=Nc2ccccc2Cl)cc1.[Cl-]. The average molecular weight is 387 g/mol. The largest absolute Gasteiger partial charge is 1.00 e. The Labute approximate surface area is 165 Å². The minimum atomic E-state index is 0. The van der Waals surface area contributed by atoms with Crippen LogP contribution in [-0.2, 0) is 6.54 Å². The number of benzene rings is 2. The van der Waals surface area contributed by atoms with Gasteiger partial charge in [-0.2, -0.15) is 5.11 Å². The zero-order chi connectivity index (χ0) is 17.5. The molecule has 26 heavy (non-hydrogen) atoms. The van der Waals surface area contributed by atoms with E-state index in [1.165, 1.54) is 0 Å². The van der Waals surface area contributed by atoms with E-state index in [-0.39, 0.29) is 12.4 Å². The van der Waals surface area contributed by atoms with Crippen LogP contribution in [0.25, 0.3) is 0 Å². The molecule has 0 saturated heterocycles. The number of aromatic nitrogens is 1. The third kappa shape index (κ3) is 5.55. The Balaban J connectivity index is 0.00000243. The fraction of sp³-hybridized carbons (Fsp3) is 0.150. The summed E-state index contributed by atoms with van der Waals surface area (Å²) in [5.74, 6) is 0. The number of hydrogen-bond donors (Lipinski definition) is 0. The van der Waals surface area contributed by atoms with E-state index in [1.54, 1.807) is 6.07 Å². The Hall–Kier alpha value is -2.43. The molecule has 1 aromatic heterocycles. The van der Waals surface area contributed by atoms with Gasteiger partial charge in [0.15, 0.2) is 18.9 Å². The van der Waals surface area contributed by atoms with Gasteiger partial charge in [0.25, 0.3) is 0 Å². The Morgan fingerprint density at radius 3 is 2.27 bits per heavy atom. The van der Waals surface area contributed by atoms with Gasteiger partial charge in [-0.3, -0.25) is 0 Å². The molecule has 134 valence electrons. The first kappa shape index (κ1) is 19.9. The summed E-state index contributed by atoms with van der Waals surface area (Å²) in [6.45, 7) is 1.86. The monoisotopic (exact) mass is 386 g/mol. The molecule has 0 atom stereocenters. The minimum absolute atomic E-state index is 0. The van der Waals surface area contributed by atoms with Gasteiger partial charge >= 0.3 is 0 Å². The first-order valence-corrected chi connectivity index (χ1v) is 8.52. The van der Waals surface area contributed by atoms with Gasteiger partial charge in [-0.05, 0) is 36.4 Å². The lowest BCUT2D eigenvalue weighted by Crippen LogP contribution is -3.00. The lowest BCUT2D eigenvalue weighted by atomic mass is 10.2. The van der Waals surface area contributed by atoms with Crippen LogP contribution in [-0.4, -0.2) is 13.6 Å². The van der Waals surface area contributed by atoms with Gasteiger partial charge in [0.1, 0.15) is 5.69 Å². The molecule has 0 N–H and O–H groups in total. The highest BCUT2D eigenvalue weighted by atomic mass is 35.5. The molecule has 0 amide bonds. The summed E-state index contributed by atoms with van der Waals surface area (Å²) in [4.78, 5) is 2.22. The summed E-state index contributed by atoms with van der Waals surface area (Å²) in [6, 6.07) is 21.5. The highest BCUT2D eigenvalue weighted by molar-refractivity contribution is 6.32. The van der Waals surface area contributed by atoms with Crippen molar-refractivity contribution >= 4 is 28.7 Å². The van der Waals surface area contributed by atoms with Gasteiger partial charge in [-0.1, -0.05) is 29.8 Å². The van der Waals surface area contributed by atoms with Crippen molar-refractivity contribution in [1.82, 2.24) is 0 Å². The number of azo groups is 1. The maximum atomic E-state index is 6.08. The van der Waals surface area contributed by atoms with E-state index in [0.29, 0.717) is 10.7 Å². The topological polar surface area (TPSA) is 31.8 Å². The van der Waals surface area contributed by atoms with E-state index >= 15 is 0 Å². The maximum absolute atomic E-state index is 6.08. The Morgan fingerprint density at radius 2 is 1.58 bits per heavy atom. The van der Waals surface area contributed by atoms with Crippen molar-refractivity contribution in [3.05, 3.63) is 84.1 Å². The van der Waals surface area contributed by atoms with Crippen molar-refractivity contribution in [2.24, 2.45) is 10.2 Å². The van der Waals surface area contributed by atoms with Crippen LogP contribution in [0.1, 0.15) is 0 Å². The predicted octanol–water partition coefficient (Wildman–Crippen LogP) is 2.18. The lowest BCUT2D eigenvalue weighted by molar-refractivity contribution is -0.694. The minimum Gasteiger partial charge on any atom is -1.00 e. The molecule has 0 aliphatic rings. The molecule has 0 fully saturated rings. The van der Waals surface area contributed by atoms with Crippen molar-refractivity contribution in [2.75, 3.05) is 18.5 Å². The normalized spacial score (nSPS) is 10.5. The summed E-state index contributed by atoms with van der Waals surface area (Å²) in [6.07, 6.45) is 4.15. The molecular weight excluding hydrogens is 367 g/mol. The van der Waals surface area contributed by atoms with Gasteiger partial charge in [0, 0.05) is 24.9 Å². The molecule has 0 aliphatic heterocycles. The third-order valence-electron chi connectivity index (χ3n) is 3.89. The summed E-state index contributed by atoms with van der Waals surface area (Å²) in [5.41, 5.74) is 2.62. The van der Waals surface area contributed by atoms with Gasteiger partial charge in [0.2, 0.25) is 0 Å². The second-order valence-corrected chi connectivity index (χ2v) is 6.11. The number of likely N-dealkylation sites (N-methyl/N-ethyl adjacent to an activating group) is 1. The quantitative estimate of drug-likeness (QED) is 0.471. The average Bonchev–Trinajstić information content (AvgIpc) is 2.67. The number of nitrogens with zero attached hydrogens (tertiary/aromatic N) is 4. The number of halogens is 2. The van der Waals surface area contributed by atoms with Crippen LogP contribution < -0.4 is 21.9 Å². The van der Waals surface area contributed by atoms with Crippen LogP contribution in [0.3, 0.4) is 0 Å². The lowest BCUT2D eigenvalue weighted by Gasteiger charge is -2.17. The fourth-order valence-electron chi connectivity index (χ4n) is 2.40. The van der Waals surface area contributed by atoms with Gasteiger partial charge in [0.05, 0.1) is 17.3 Å². The molecule has 0 saturated carbocycles. The second kappa shape index (κ2) is 9.90. The number of rotatable bonds is 6. The van der Waals surface area contributed by atoms with E-state index < -0.39 is 0 Å². The first-order chi connectivity index (χ1) is 12.2. The van der Waals surface area contributed by atoms with Crippen molar-refractivity contribution in [1.29, 1.82) is 0 Å². The van der Waals surface area contributed by atoms with E-state index in [2.05, 4.69) is 51.3 Å². The smallest absolute Gasteiger partial charge is 0.168 e. The van der Waals surface area contributed by atoms with Crippen LogP contribution in [0.4, 0.5) is 17.1 Å². The first-order valence-electron chi connectivity index (χ1n) is 8.14. The standard InChI is InChI=1S/C20H20ClN4.ClH/c1-24(15-16-25-13-5-2-6-14-25)18-11-9-17(10-12-18)22-23-20-8-4-3-7-19(20)21;/h2-14H,15-16H2,1H3;1H/q+1;/p-1. The van der Waals surface area contributed by atoms with Crippen molar-refractivity contribution < 1.29 is 17.0 Å². The molecule has 1 heterocycles. The van der Waals surface area contributed by atoms with Crippen LogP contribution in [0.5, 0.6) is 0 Å². The fourth-order valence-corrected chi connectivity index (χ4v) is 2.57. The van der Waals surface area contributed by atoms with Gasteiger partial charge < -0.3 is 17.3 Å². The summed E-state index contributed by atoms with van der Waals surface area (Å²) >= 11 is 6.08. The van der Waals surface area contributed by atoms with E-state index in [4.69, 9.17) is 11.6 Å². The van der Waals surface area contributed by atoms with E-state index in [9.17, 15) is 0 Å². The molecule has 0 unspecified atom stereocenters. The van der Waals surface area contributed by atoms with E-state index in [0.717, 1.165) is 24.5 Å². The molecule has 0 spiro atoms. The molecule has 3 aromatic rings. The Bertz CT molecular complexity index is 836. The zero-order valence-corrected chi connectivity index (χ0v) is 16.0. The zero-order valence-electron chi connectivity index (χ0n) is 14.5. The van der Waals surface area contributed by atoms with Crippen LogP contribution >= 0.6 is 11.6 Å². The molecular formula is C20H20Cl2N4. The highest BCUT2D eigenvalue weighted by Crippen LogP contribution is 2.26. The van der Waals surface area contributed by atoms with Gasteiger partial charge in [-0.15, -0.1) is 5.11 Å². The molecule has 2 aromatic carbocycles. The third-order valence-corrected chi connectivity index (χ3v) is 4.21. The van der Waals surface area contributed by atoms with Crippen molar-refractivity contribution in [3.63, 3.8) is 0 Å². The molecule has 6 heteroatoms. The predicted molar refractivity (Wildman–Crippen MR) is 102 cm³/mol. The van der Waals surface area contributed by atoms with Crippen LogP contribution in [0, 0.1) is 0 Å². The highest BCUT2D eigenvalue weighted by Gasteiger charge is 2.05. The Morgan fingerprint density at radius 1 is 0.885 bits per heavy atom. The molecule has 3 rings (SSSR count). The molecule has 0 radical (unpaired) electrons. The summed E-state index contributed by atoms with van der Waals surface area (Å²) in [7, 11) is 2.09. The van der Waals surface area contributed by atoms with Crippen molar-refractivity contribution in [3.8, 4) is 0 Å². The second-order valence-electron chi connectivity index (χ2n) is 5.70. The Kier molecular flexibility index (Phi) is 7.57. The number of pyridine rings is 1. The van der Waals surface area contributed by atoms with Gasteiger partial charge in [-0.25, -0.2) is 4.57 Å². The van der Waals surface area contributed by atoms with E-state index in [1.807, 2.05) is 48.5 Å². The maximum Gasteiger partial charge on any atom is 0.168 e. The van der Waals surface area contributed by atoms with Crippen LogP contribution in [0.15, 0.2) is 89.4 Å². The molecule has 4 nitrogen and oxygen atoms in total. The molecule has 0 aliphatic carbocycles. The summed E-state index contributed by atoms with van der Waals surface area (Å²) in [5, 5.41) is 9.05. The summed E-state index contributed by atoms with van der Waals surface area (Å²) < 4.78 is 2.17. The number of hydrogen-bond acceptors (Lipinski definition) is 3.